The number of halogens is 1. The van der Waals surface area contributed by atoms with Gasteiger partial charge in [0, 0.05) is 70.0 Å². The first kappa shape index (κ1) is 33.4. The molecular formula is C35H49ClN8O3. The van der Waals surface area contributed by atoms with Gasteiger partial charge in [0.1, 0.15) is 6.04 Å². The number of nitrogen functional groups attached to an aromatic ring is 1. The molecule has 3 fully saturated rings. The highest BCUT2D eigenvalue weighted by Gasteiger charge is 2.35. The molecule has 6 rings (SSSR count). The van der Waals surface area contributed by atoms with E-state index >= 15 is 0 Å². The number of rotatable bonds is 6. The summed E-state index contributed by atoms with van der Waals surface area (Å²) in [6.45, 7) is 8.76. The van der Waals surface area contributed by atoms with E-state index in [2.05, 4.69) is 33.5 Å². The van der Waals surface area contributed by atoms with Crippen LogP contribution >= 0.6 is 11.6 Å². The number of likely N-dealkylation sites (tertiary alicyclic amines) is 2. The van der Waals surface area contributed by atoms with Gasteiger partial charge in [-0.25, -0.2) is 9.59 Å². The van der Waals surface area contributed by atoms with Gasteiger partial charge in [0.25, 0.3) is 0 Å². The molecule has 4 N–H and O–H groups in total. The summed E-state index contributed by atoms with van der Waals surface area (Å²) in [5.74, 6) is -0.0670. The van der Waals surface area contributed by atoms with Crippen LogP contribution in [0.25, 0.3) is 0 Å². The summed E-state index contributed by atoms with van der Waals surface area (Å²) in [5, 5.41) is 6.61. The average molecular weight is 665 g/mol. The first-order valence-corrected chi connectivity index (χ1v) is 17.5. The van der Waals surface area contributed by atoms with Crippen molar-refractivity contribution < 1.29 is 14.4 Å². The van der Waals surface area contributed by atoms with Crippen molar-refractivity contribution in [2.45, 2.75) is 63.6 Å². The lowest BCUT2D eigenvalue weighted by atomic mass is 10.0. The van der Waals surface area contributed by atoms with E-state index in [-0.39, 0.29) is 24.0 Å². The number of carbonyl (C=O) groups is 3. The molecule has 2 aromatic rings. The van der Waals surface area contributed by atoms with Gasteiger partial charge in [-0.05, 0) is 88.0 Å². The smallest absolute Gasteiger partial charge is 0.322 e. The van der Waals surface area contributed by atoms with Gasteiger partial charge in [0.2, 0.25) is 5.91 Å². The zero-order valence-electron chi connectivity index (χ0n) is 27.7. The molecule has 4 aliphatic heterocycles. The van der Waals surface area contributed by atoms with Crippen LogP contribution in [0, 0.1) is 6.92 Å². The molecule has 0 radical (unpaired) electrons. The van der Waals surface area contributed by atoms with Crippen LogP contribution in [0.15, 0.2) is 36.4 Å². The van der Waals surface area contributed by atoms with Gasteiger partial charge in [0.05, 0.1) is 10.7 Å². The Labute approximate surface area is 283 Å². The zero-order chi connectivity index (χ0) is 33.1. The molecule has 0 saturated carbocycles. The molecule has 5 amide bonds. The molecule has 12 heteroatoms. The summed E-state index contributed by atoms with van der Waals surface area (Å²) in [6, 6.07) is 11.2. The van der Waals surface area contributed by atoms with Crippen molar-refractivity contribution in [1.29, 1.82) is 0 Å². The number of piperidine rings is 2. The molecule has 0 bridgehead atoms. The van der Waals surface area contributed by atoms with Gasteiger partial charge < -0.3 is 36.0 Å². The summed E-state index contributed by atoms with van der Waals surface area (Å²) < 4.78 is 0. The van der Waals surface area contributed by atoms with Gasteiger partial charge >= 0.3 is 12.1 Å². The van der Waals surface area contributed by atoms with Crippen LogP contribution in [-0.4, -0.2) is 127 Å². The van der Waals surface area contributed by atoms with E-state index in [1.807, 2.05) is 41.0 Å². The molecule has 0 unspecified atom stereocenters. The Hall–Kier alpha value is -3.54. The second kappa shape index (κ2) is 14.7. The zero-order valence-corrected chi connectivity index (χ0v) is 28.5. The number of hydrogen-bond acceptors (Lipinski definition) is 6. The highest BCUT2D eigenvalue weighted by Crippen LogP contribution is 2.27. The van der Waals surface area contributed by atoms with E-state index < -0.39 is 6.04 Å². The van der Waals surface area contributed by atoms with E-state index in [4.69, 9.17) is 17.3 Å². The first-order valence-electron chi connectivity index (χ1n) is 17.1. The number of para-hydroxylation sites is 1. The van der Waals surface area contributed by atoms with Crippen molar-refractivity contribution in [3.63, 3.8) is 0 Å². The van der Waals surface area contributed by atoms with Gasteiger partial charge in [-0.3, -0.25) is 9.69 Å². The molecular weight excluding hydrogens is 616 g/mol. The number of fused-ring (bicyclic) bond motifs is 1. The number of hydrogen-bond donors (Lipinski definition) is 3. The number of piperazine rings is 1. The largest absolute Gasteiger partial charge is 0.397 e. The van der Waals surface area contributed by atoms with Crippen molar-refractivity contribution in [2.75, 3.05) is 77.0 Å². The summed E-state index contributed by atoms with van der Waals surface area (Å²) in [5.41, 5.74) is 10.3. The van der Waals surface area contributed by atoms with Crippen molar-refractivity contribution in [1.82, 2.24) is 29.8 Å². The third-order valence-corrected chi connectivity index (χ3v) is 10.9. The maximum atomic E-state index is 14.1. The van der Waals surface area contributed by atoms with E-state index in [9.17, 15) is 14.4 Å². The van der Waals surface area contributed by atoms with Crippen LogP contribution in [0.1, 0.15) is 42.4 Å². The Bertz CT molecular complexity index is 1430. The minimum Gasteiger partial charge on any atom is -0.397 e. The Morgan fingerprint density at radius 3 is 2.32 bits per heavy atom. The molecule has 2 aromatic carbocycles. The van der Waals surface area contributed by atoms with E-state index in [0.29, 0.717) is 68.7 Å². The number of carbonyl (C=O) groups excluding carboxylic acids is 3. The predicted octanol–water partition coefficient (Wildman–Crippen LogP) is 3.64. The Morgan fingerprint density at radius 1 is 0.936 bits per heavy atom. The molecule has 4 heterocycles. The van der Waals surface area contributed by atoms with E-state index in [1.54, 1.807) is 11.0 Å². The lowest BCUT2D eigenvalue weighted by Gasteiger charge is -2.43. The Kier molecular flexibility index (Phi) is 10.4. The summed E-state index contributed by atoms with van der Waals surface area (Å²) >= 11 is 6.42. The number of nitrogens with two attached hydrogens (primary N) is 1. The quantitative estimate of drug-likeness (QED) is 0.406. The number of amides is 5. The topological polar surface area (TPSA) is 117 Å². The molecule has 3 saturated heterocycles. The molecule has 0 aliphatic carbocycles. The lowest BCUT2D eigenvalue weighted by Crippen LogP contribution is -2.59. The first-order chi connectivity index (χ1) is 22.7. The second-order valence-electron chi connectivity index (χ2n) is 13.7. The highest BCUT2D eigenvalue weighted by molar-refractivity contribution is 6.33. The van der Waals surface area contributed by atoms with Crippen LogP contribution in [-0.2, 0) is 17.6 Å². The normalized spacial score (nSPS) is 21.2. The van der Waals surface area contributed by atoms with Crippen LogP contribution in [0.5, 0.6) is 0 Å². The highest BCUT2D eigenvalue weighted by atomic mass is 35.5. The molecule has 0 spiro atoms. The molecule has 47 heavy (non-hydrogen) atoms. The van der Waals surface area contributed by atoms with Gasteiger partial charge in [-0.15, -0.1) is 0 Å². The number of urea groups is 2. The molecule has 254 valence electrons. The SMILES string of the molecule is Cc1cc(C[C@@H](NC(=O)N2CCC(N3CCc4ccccc4NC3=O)CC2)C(=O)N2CCN(C3CCN(C)CC3)CC2)cc(Cl)c1N. The third-order valence-electron chi connectivity index (χ3n) is 10.6. The number of aryl methyl sites for hydroxylation is 1. The fraction of sp³-hybridized carbons (Fsp3) is 0.571. The van der Waals surface area contributed by atoms with E-state index in [1.165, 1.54) is 0 Å². The summed E-state index contributed by atoms with van der Waals surface area (Å²) in [7, 11) is 2.17. The van der Waals surface area contributed by atoms with Crippen molar-refractivity contribution in [2.24, 2.45) is 0 Å². The molecule has 4 aliphatic rings. The third kappa shape index (κ3) is 7.79. The molecule has 11 nitrogen and oxygen atoms in total. The average Bonchev–Trinajstić information content (AvgIpc) is 3.25. The Balaban J connectivity index is 1.08. The number of benzene rings is 2. The van der Waals surface area contributed by atoms with Crippen molar-refractivity contribution in [3.8, 4) is 0 Å². The number of anilines is 2. The van der Waals surface area contributed by atoms with Gasteiger partial charge in [-0.1, -0.05) is 35.9 Å². The number of nitrogens with one attached hydrogen (secondary N) is 2. The van der Waals surface area contributed by atoms with Crippen molar-refractivity contribution in [3.05, 3.63) is 58.1 Å². The minimum atomic E-state index is -0.732. The van der Waals surface area contributed by atoms with Crippen molar-refractivity contribution >= 4 is 40.9 Å². The fourth-order valence-corrected chi connectivity index (χ4v) is 7.92. The maximum Gasteiger partial charge on any atom is 0.322 e. The molecule has 1 atom stereocenters. The number of nitrogens with zero attached hydrogens (tertiary/aromatic N) is 5. The van der Waals surface area contributed by atoms with Gasteiger partial charge in [0.15, 0.2) is 0 Å². The molecule has 0 aromatic heterocycles. The predicted molar refractivity (Wildman–Crippen MR) is 186 cm³/mol. The summed E-state index contributed by atoms with van der Waals surface area (Å²) in [6.07, 6.45) is 4.80. The van der Waals surface area contributed by atoms with E-state index in [0.717, 1.165) is 67.8 Å². The second-order valence-corrected chi connectivity index (χ2v) is 14.1. The van der Waals surface area contributed by atoms with Crippen LogP contribution < -0.4 is 16.4 Å². The minimum absolute atomic E-state index is 0.0477. The van der Waals surface area contributed by atoms with Crippen LogP contribution in [0.2, 0.25) is 5.02 Å². The maximum absolute atomic E-state index is 14.1. The standard InChI is InChI=1S/C35H49ClN8O3/c1-24-21-25(22-29(36)32(24)37)23-31(33(45)42-19-17-41(18-20-42)27-8-12-40(2)13-9-27)39-34(46)43-14-10-28(11-15-43)44-16-7-26-5-3-4-6-30(26)38-35(44)47/h3-6,21-22,27-28,31H,7-20,23,37H2,1-2H3,(H,38,47)(H,39,46)/t31-/m1/s1. The van der Waals surface area contributed by atoms with Crippen LogP contribution in [0.3, 0.4) is 0 Å². The fourth-order valence-electron chi connectivity index (χ4n) is 7.63. The summed E-state index contributed by atoms with van der Waals surface area (Å²) in [4.78, 5) is 51.4. The monoisotopic (exact) mass is 664 g/mol. The van der Waals surface area contributed by atoms with Gasteiger partial charge in [-0.2, -0.15) is 0 Å². The van der Waals surface area contributed by atoms with Crippen LogP contribution in [0.4, 0.5) is 21.0 Å². The Morgan fingerprint density at radius 2 is 1.62 bits per heavy atom. The lowest BCUT2D eigenvalue weighted by molar-refractivity contribution is -0.135.